The minimum Gasteiger partial charge on any atom is -0.321 e. The molecule has 0 saturated heterocycles. The number of nitrogens with zero attached hydrogens (tertiary/aromatic N) is 4. The Labute approximate surface area is 134 Å². The highest BCUT2D eigenvalue weighted by atomic mass is 19.4. The molecule has 122 valence electrons. The smallest absolute Gasteiger partial charge is 0.321 e. The van der Waals surface area contributed by atoms with Crippen molar-refractivity contribution >= 4 is 11.6 Å². The molecule has 0 saturated carbocycles. The highest BCUT2D eigenvalue weighted by molar-refractivity contribution is 6.03. The van der Waals surface area contributed by atoms with E-state index in [0.29, 0.717) is 11.8 Å². The highest BCUT2D eigenvalue weighted by Crippen LogP contribution is 2.30. The average molecular weight is 333 g/mol. The van der Waals surface area contributed by atoms with E-state index in [9.17, 15) is 18.0 Å². The van der Waals surface area contributed by atoms with Crippen molar-refractivity contribution in [1.29, 1.82) is 0 Å². The first-order chi connectivity index (χ1) is 11.4. The maximum atomic E-state index is 13.1. The third-order valence-corrected chi connectivity index (χ3v) is 3.08. The number of carbonyl (C=O) groups excluding carboxylic acids is 1. The van der Waals surface area contributed by atoms with Crippen LogP contribution in [-0.2, 0) is 6.18 Å². The van der Waals surface area contributed by atoms with Crippen LogP contribution in [0.3, 0.4) is 0 Å². The van der Waals surface area contributed by atoms with Gasteiger partial charge < -0.3 is 5.32 Å². The summed E-state index contributed by atoms with van der Waals surface area (Å²) < 4.78 is 40.6. The Balaban J connectivity index is 2.00. The quantitative estimate of drug-likeness (QED) is 0.800. The summed E-state index contributed by atoms with van der Waals surface area (Å²) in [7, 11) is 0. The number of hydrogen-bond acceptors (Lipinski definition) is 4. The maximum Gasteiger partial charge on any atom is 0.416 e. The van der Waals surface area contributed by atoms with E-state index in [2.05, 4.69) is 20.3 Å². The van der Waals surface area contributed by atoms with Crippen LogP contribution in [0.1, 0.15) is 16.1 Å². The summed E-state index contributed by atoms with van der Waals surface area (Å²) in [6, 6.07) is 4.59. The molecule has 0 unspecified atom stereocenters. The first-order valence-corrected chi connectivity index (χ1v) is 6.72. The van der Waals surface area contributed by atoms with Crippen LogP contribution in [0.5, 0.6) is 0 Å². The zero-order valence-corrected chi connectivity index (χ0v) is 12.0. The fourth-order valence-corrected chi connectivity index (χ4v) is 1.95. The molecule has 3 rings (SSSR count). The van der Waals surface area contributed by atoms with Crippen molar-refractivity contribution in [3.05, 3.63) is 66.6 Å². The Kier molecular flexibility index (Phi) is 3.98. The summed E-state index contributed by atoms with van der Waals surface area (Å²) in [6.07, 6.45) is 2.43. The number of amides is 1. The summed E-state index contributed by atoms with van der Waals surface area (Å²) in [4.78, 5) is 23.8. The van der Waals surface area contributed by atoms with Gasteiger partial charge in [0, 0.05) is 30.5 Å². The molecule has 0 aliphatic carbocycles. The van der Waals surface area contributed by atoms with Gasteiger partial charge in [-0.3, -0.25) is 14.3 Å². The molecule has 0 radical (unpaired) electrons. The lowest BCUT2D eigenvalue weighted by Gasteiger charge is -2.12. The van der Waals surface area contributed by atoms with Crippen molar-refractivity contribution in [3.63, 3.8) is 0 Å². The van der Waals surface area contributed by atoms with E-state index < -0.39 is 17.6 Å². The fourth-order valence-electron chi connectivity index (χ4n) is 1.95. The Morgan fingerprint density at radius 3 is 2.46 bits per heavy atom. The molecule has 0 spiro atoms. The van der Waals surface area contributed by atoms with Crippen molar-refractivity contribution in [2.24, 2.45) is 0 Å². The van der Waals surface area contributed by atoms with Gasteiger partial charge in [-0.15, -0.1) is 0 Å². The van der Waals surface area contributed by atoms with Crippen molar-refractivity contribution in [2.45, 2.75) is 6.18 Å². The lowest BCUT2D eigenvalue weighted by Crippen LogP contribution is -2.17. The number of rotatable bonds is 3. The molecular weight excluding hydrogens is 323 g/mol. The molecule has 24 heavy (non-hydrogen) atoms. The predicted octanol–water partition coefficient (Wildman–Crippen LogP) is 2.93. The summed E-state index contributed by atoms with van der Waals surface area (Å²) in [5.41, 5.74) is -0.926. The number of anilines is 1. The van der Waals surface area contributed by atoms with Crippen LogP contribution in [0.2, 0.25) is 0 Å². The zero-order chi connectivity index (χ0) is 17.2. The van der Waals surface area contributed by atoms with Crippen molar-refractivity contribution in [1.82, 2.24) is 19.5 Å². The summed E-state index contributed by atoms with van der Waals surface area (Å²) in [5, 5.41) is 2.48. The Bertz CT molecular complexity index is 847. The number of imidazole rings is 1. The van der Waals surface area contributed by atoms with Crippen LogP contribution in [0, 0.1) is 0 Å². The molecule has 0 aliphatic heterocycles. The van der Waals surface area contributed by atoms with Crippen LogP contribution in [-0.4, -0.2) is 25.4 Å². The molecule has 1 N–H and O–H groups in total. The normalized spacial score (nSPS) is 11.3. The summed E-state index contributed by atoms with van der Waals surface area (Å²) in [6.45, 7) is 0. The maximum absolute atomic E-state index is 13.1. The van der Waals surface area contributed by atoms with E-state index in [1.165, 1.54) is 47.8 Å². The number of pyridine rings is 2. The van der Waals surface area contributed by atoms with Crippen LogP contribution in [0.4, 0.5) is 18.9 Å². The fraction of sp³-hybridized carbons (Fsp3) is 0.0667. The standard InChI is InChI=1S/C15H10F3N5O/c16-15(17,18)10-7-12(14(24)21-11-1-3-19-4-2-11)22-13(8-10)23-6-5-20-9-23/h1-9H,(H,19,21,24). The van der Waals surface area contributed by atoms with Gasteiger partial charge in [-0.2, -0.15) is 13.2 Å². The van der Waals surface area contributed by atoms with Gasteiger partial charge >= 0.3 is 6.18 Å². The molecule has 0 atom stereocenters. The van der Waals surface area contributed by atoms with Gasteiger partial charge in [-0.1, -0.05) is 0 Å². The second-order valence-corrected chi connectivity index (χ2v) is 4.76. The Morgan fingerprint density at radius 2 is 1.83 bits per heavy atom. The van der Waals surface area contributed by atoms with Gasteiger partial charge in [0.05, 0.1) is 5.56 Å². The lowest BCUT2D eigenvalue weighted by molar-refractivity contribution is -0.137. The van der Waals surface area contributed by atoms with E-state index in [1.807, 2.05) is 0 Å². The van der Waals surface area contributed by atoms with Crippen molar-refractivity contribution < 1.29 is 18.0 Å². The number of carbonyl (C=O) groups is 1. The minimum absolute atomic E-state index is 0.0535. The molecule has 0 aromatic carbocycles. The predicted molar refractivity (Wildman–Crippen MR) is 78.6 cm³/mol. The first-order valence-electron chi connectivity index (χ1n) is 6.72. The number of halogens is 3. The lowest BCUT2D eigenvalue weighted by atomic mass is 10.2. The third-order valence-electron chi connectivity index (χ3n) is 3.08. The van der Waals surface area contributed by atoms with E-state index >= 15 is 0 Å². The second kappa shape index (κ2) is 6.11. The van der Waals surface area contributed by atoms with E-state index in [4.69, 9.17) is 0 Å². The van der Waals surface area contributed by atoms with Gasteiger partial charge in [0.15, 0.2) is 0 Å². The van der Waals surface area contributed by atoms with Gasteiger partial charge in [0.2, 0.25) is 0 Å². The topological polar surface area (TPSA) is 72.7 Å². The molecule has 0 aliphatic rings. The molecule has 9 heteroatoms. The third kappa shape index (κ3) is 3.40. The first kappa shape index (κ1) is 15.7. The molecule has 3 aromatic rings. The monoisotopic (exact) mass is 333 g/mol. The number of hydrogen-bond donors (Lipinski definition) is 1. The molecule has 0 bridgehead atoms. The molecule has 1 amide bonds. The molecule has 3 heterocycles. The molecule has 0 fully saturated rings. The summed E-state index contributed by atoms with van der Waals surface area (Å²) >= 11 is 0. The van der Waals surface area contributed by atoms with Gasteiger partial charge in [0.25, 0.3) is 5.91 Å². The molecule has 3 aromatic heterocycles. The average Bonchev–Trinajstić information content (AvgIpc) is 3.09. The zero-order valence-electron chi connectivity index (χ0n) is 12.0. The summed E-state index contributed by atoms with van der Waals surface area (Å²) in [5.74, 6) is -0.809. The number of alkyl halides is 3. The molecule has 6 nitrogen and oxygen atoms in total. The largest absolute Gasteiger partial charge is 0.416 e. The van der Waals surface area contributed by atoms with Gasteiger partial charge in [-0.25, -0.2) is 9.97 Å². The number of nitrogens with one attached hydrogen (secondary N) is 1. The van der Waals surface area contributed by atoms with Crippen molar-refractivity contribution in [2.75, 3.05) is 5.32 Å². The SMILES string of the molecule is O=C(Nc1ccncc1)c1cc(C(F)(F)F)cc(-n2ccnc2)n1. The van der Waals surface area contributed by atoms with Crippen LogP contribution >= 0.6 is 0 Å². The van der Waals surface area contributed by atoms with E-state index in [-0.39, 0.29) is 11.5 Å². The van der Waals surface area contributed by atoms with Gasteiger partial charge in [0.1, 0.15) is 17.8 Å². The number of aromatic nitrogens is 4. The van der Waals surface area contributed by atoms with Crippen molar-refractivity contribution in [3.8, 4) is 5.82 Å². The van der Waals surface area contributed by atoms with Gasteiger partial charge in [-0.05, 0) is 24.3 Å². The highest BCUT2D eigenvalue weighted by Gasteiger charge is 2.32. The van der Waals surface area contributed by atoms with E-state index in [0.717, 1.165) is 6.07 Å². The Morgan fingerprint density at radius 1 is 1.08 bits per heavy atom. The minimum atomic E-state index is -4.61. The molecular formula is C15H10F3N5O. The Hall–Kier alpha value is -3.23. The second-order valence-electron chi connectivity index (χ2n) is 4.76. The van der Waals surface area contributed by atoms with Crippen LogP contribution in [0.15, 0.2) is 55.4 Å². The van der Waals surface area contributed by atoms with E-state index in [1.54, 1.807) is 0 Å². The van der Waals surface area contributed by atoms with Crippen LogP contribution < -0.4 is 5.32 Å². The van der Waals surface area contributed by atoms with Crippen LogP contribution in [0.25, 0.3) is 5.82 Å².